The molecule has 0 aliphatic heterocycles. The third-order valence-corrected chi connectivity index (χ3v) is 3.20. The molecule has 9 heteroatoms. The molecule has 0 N–H and O–H groups in total. The molecule has 0 atom stereocenters. The number of nitrogens with zero attached hydrogens (tertiary/aromatic N) is 2. The lowest BCUT2D eigenvalue weighted by atomic mass is 10.1. The lowest BCUT2D eigenvalue weighted by Gasteiger charge is -2.01. The third-order valence-electron chi connectivity index (χ3n) is 3.20. The molecule has 1 aromatic carbocycles. The van der Waals surface area contributed by atoms with Gasteiger partial charge in [0, 0.05) is 6.26 Å². The van der Waals surface area contributed by atoms with Crippen molar-refractivity contribution in [1.29, 1.82) is 0 Å². The van der Waals surface area contributed by atoms with Crippen LogP contribution >= 0.6 is 0 Å². The molecule has 124 valence electrons. The Morgan fingerprint density at radius 1 is 1.18 bits per heavy atom. The van der Waals surface area contributed by atoms with Gasteiger partial charge in [0.1, 0.15) is 0 Å². The van der Waals surface area contributed by atoms with Gasteiger partial charge in [-0.05, 0) is 37.1 Å². The number of imidazole rings is 1. The van der Waals surface area contributed by atoms with Crippen LogP contribution in [0.4, 0.5) is 13.2 Å². The molecule has 0 radical (unpaired) electrons. The largest absolute Gasteiger partial charge is 0.748 e. The lowest BCUT2D eigenvalue weighted by molar-refractivity contribution is -0.667. The van der Waals surface area contributed by atoms with E-state index in [1.807, 2.05) is 13.8 Å². The third kappa shape index (κ3) is 4.20. The van der Waals surface area contributed by atoms with Crippen LogP contribution in [0.2, 0.25) is 0 Å². The van der Waals surface area contributed by atoms with Crippen molar-refractivity contribution in [3.05, 3.63) is 29.1 Å². The zero-order valence-corrected chi connectivity index (χ0v) is 13.6. The van der Waals surface area contributed by atoms with Crippen molar-refractivity contribution in [3.63, 3.8) is 0 Å². The second-order valence-electron chi connectivity index (χ2n) is 5.07. The molecule has 0 saturated carbocycles. The molecule has 0 bridgehead atoms. The van der Waals surface area contributed by atoms with Crippen molar-refractivity contribution in [3.8, 4) is 0 Å². The highest BCUT2D eigenvalue weighted by atomic mass is 32.2. The first-order valence-corrected chi connectivity index (χ1v) is 7.99. The minimum atomic E-state index is -4.34. The maximum Gasteiger partial charge on any atom is 0.495 e. The Balaban J connectivity index is 0.000000422. The monoisotopic (exact) mass is 338 g/mol. The van der Waals surface area contributed by atoms with Crippen LogP contribution in [-0.4, -0.2) is 23.8 Å². The SMILES string of the molecule is CS(=O)(=O)[O-].Cc1cc2c(cc1C)[n+](C)c(C(F)(F)F)n2C. The van der Waals surface area contributed by atoms with Crippen LogP contribution in [0.1, 0.15) is 17.0 Å². The van der Waals surface area contributed by atoms with Gasteiger partial charge in [-0.15, -0.1) is 0 Å². The summed E-state index contributed by atoms with van der Waals surface area (Å²) in [6.07, 6.45) is -3.74. The normalized spacial score (nSPS) is 12.2. The summed E-state index contributed by atoms with van der Waals surface area (Å²) in [5.74, 6) is -0.641. The topological polar surface area (TPSA) is 66.0 Å². The van der Waals surface area contributed by atoms with Gasteiger partial charge in [0.25, 0.3) is 0 Å². The molecule has 0 unspecified atom stereocenters. The number of hydrogen-bond donors (Lipinski definition) is 0. The summed E-state index contributed by atoms with van der Waals surface area (Å²) in [5, 5.41) is 0. The summed E-state index contributed by atoms with van der Waals surface area (Å²) in [6.45, 7) is 3.80. The van der Waals surface area contributed by atoms with Crippen LogP contribution in [0.3, 0.4) is 0 Å². The molecule has 0 aliphatic rings. The fraction of sp³-hybridized carbons (Fsp3) is 0.462. The minimum absolute atomic E-state index is 0.600. The highest BCUT2D eigenvalue weighted by Crippen LogP contribution is 2.30. The number of rotatable bonds is 0. The molecule has 1 aromatic heterocycles. The average Bonchev–Trinajstić information content (AvgIpc) is 2.50. The van der Waals surface area contributed by atoms with Crippen molar-refractivity contribution >= 4 is 21.2 Å². The second kappa shape index (κ2) is 5.88. The highest BCUT2D eigenvalue weighted by Gasteiger charge is 2.45. The standard InChI is InChI=1S/C12H14F3N2.CH4O3S/c1-7-5-9-10(6-8(7)2)17(4)11(16(9)3)12(13,14)15;1-5(2,3)4/h5-6H,1-4H3;1H3,(H,2,3,4)/q+1;/p-1. The van der Waals surface area contributed by atoms with Crippen molar-refractivity contribution in [2.45, 2.75) is 20.0 Å². The Morgan fingerprint density at radius 3 is 2.00 bits per heavy atom. The molecular weight excluding hydrogens is 321 g/mol. The molecule has 22 heavy (non-hydrogen) atoms. The first kappa shape index (κ1) is 18.4. The summed E-state index contributed by atoms with van der Waals surface area (Å²) in [6, 6.07) is 3.58. The lowest BCUT2D eigenvalue weighted by Crippen LogP contribution is -2.37. The number of halogens is 3. The Labute approximate surface area is 126 Å². The first-order chi connectivity index (χ1) is 9.73. The molecule has 0 saturated heterocycles. The van der Waals surface area contributed by atoms with Gasteiger partial charge >= 0.3 is 12.0 Å². The summed E-state index contributed by atoms with van der Waals surface area (Å²) < 4.78 is 68.3. The van der Waals surface area contributed by atoms with E-state index >= 15 is 0 Å². The quantitative estimate of drug-likeness (QED) is 0.543. The van der Waals surface area contributed by atoms with E-state index in [1.54, 1.807) is 12.1 Å². The van der Waals surface area contributed by atoms with Gasteiger partial charge < -0.3 is 4.55 Å². The maximum absolute atomic E-state index is 12.9. The molecule has 1 heterocycles. The molecule has 0 amide bonds. The smallest absolute Gasteiger partial charge is 0.495 e. The van der Waals surface area contributed by atoms with Gasteiger partial charge in [0.05, 0.1) is 24.2 Å². The Kier molecular flexibility index (Phi) is 4.93. The zero-order valence-electron chi connectivity index (χ0n) is 12.8. The second-order valence-corrected chi connectivity index (χ2v) is 6.48. The van der Waals surface area contributed by atoms with E-state index in [0.717, 1.165) is 11.1 Å². The van der Waals surface area contributed by atoms with Crippen LogP contribution in [-0.2, 0) is 30.4 Å². The van der Waals surface area contributed by atoms with Crippen molar-refractivity contribution in [2.24, 2.45) is 14.1 Å². The molecule has 2 aromatic rings. The van der Waals surface area contributed by atoms with Gasteiger partial charge in [-0.2, -0.15) is 13.2 Å². The molecule has 0 aliphatic carbocycles. The van der Waals surface area contributed by atoms with E-state index in [2.05, 4.69) is 0 Å². The van der Waals surface area contributed by atoms with Crippen LogP contribution in [0, 0.1) is 13.8 Å². The van der Waals surface area contributed by atoms with Gasteiger partial charge in [-0.1, -0.05) is 0 Å². The van der Waals surface area contributed by atoms with Crippen molar-refractivity contribution in [2.75, 3.05) is 6.26 Å². The Bertz CT molecular complexity index is 755. The van der Waals surface area contributed by atoms with Crippen LogP contribution in [0.15, 0.2) is 12.1 Å². The molecule has 5 nitrogen and oxygen atoms in total. The van der Waals surface area contributed by atoms with Crippen molar-refractivity contribution < 1.29 is 30.7 Å². The molecule has 2 rings (SSSR count). The van der Waals surface area contributed by atoms with E-state index < -0.39 is 22.1 Å². The fourth-order valence-electron chi connectivity index (χ4n) is 2.16. The van der Waals surface area contributed by atoms with Crippen molar-refractivity contribution in [1.82, 2.24) is 4.57 Å². The van der Waals surface area contributed by atoms with Gasteiger partial charge in [-0.25, -0.2) is 17.6 Å². The predicted molar refractivity (Wildman–Crippen MR) is 74.2 cm³/mol. The van der Waals surface area contributed by atoms with Gasteiger partial charge in [0.2, 0.25) is 0 Å². The number of fused-ring (bicyclic) bond motifs is 1. The molecular formula is C13H17F3N2O3S. The van der Waals surface area contributed by atoms with Crippen LogP contribution < -0.4 is 4.57 Å². The number of benzene rings is 1. The summed E-state index contributed by atoms with van der Waals surface area (Å²) in [7, 11) is -1.03. The number of hydrogen-bond acceptors (Lipinski definition) is 3. The number of aromatic nitrogens is 2. The van der Waals surface area contributed by atoms with E-state index in [9.17, 15) is 13.2 Å². The molecule has 0 fully saturated rings. The van der Waals surface area contributed by atoms with Crippen LogP contribution in [0.25, 0.3) is 11.0 Å². The minimum Gasteiger partial charge on any atom is -0.748 e. The molecule has 0 spiro atoms. The average molecular weight is 338 g/mol. The summed E-state index contributed by atoms with van der Waals surface area (Å²) >= 11 is 0. The maximum atomic E-state index is 12.9. The number of alkyl halides is 3. The van der Waals surface area contributed by atoms with Gasteiger partial charge in [-0.3, -0.25) is 0 Å². The van der Waals surface area contributed by atoms with E-state index in [-0.39, 0.29) is 0 Å². The van der Waals surface area contributed by atoms with E-state index in [1.165, 1.54) is 23.2 Å². The fourth-order valence-corrected chi connectivity index (χ4v) is 2.16. The Hall–Kier alpha value is -1.61. The summed E-state index contributed by atoms with van der Waals surface area (Å²) in [4.78, 5) is 0. The Morgan fingerprint density at radius 2 is 1.59 bits per heavy atom. The van der Waals surface area contributed by atoms with E-state index in [4.69, 9.17) is 13.0 Å². The van der Waals surface area contributed by atoms with Gasteiger partial charge in [0.15, 0.2) is 11.0 Å². The number of aryl methyl sites for hydroxylation is 4. The summed E-state index contributed by atoms with van der Waals surface area (Å²) in [5.41, 5.74) is 3.19. The zero-order chi connectivity index (χ0) is 17.5. The van der Waals surface area contributed by atoms with Crippen LogP contribution in [0.5, 0.6) is 0 Å². The highest BCUT2D eigenvalue weighted by molar-refractivity contribution is 7.84. The van der Waals surface area contributed by atoms with E-state index in [0.29, 0.717) is 17.3 Å². The predicted octanol–water partition coefficient (Wildman–Crippen LogP) is 1.80. The first-order valence-electron chi connectivity index (χ1n) is 6.17.